The first-order valence-corrected chi connectivity index (χ1v) is 15.6. The molecule has 2 heterocycles. The Kier molecular flexibility index (Phi) is 8.35. The number of hydrogen-bond donors (Lipinski definition) is 2. The van der Waals surface area contributed by atoms with E-state index in [4.69, 9.17) is 20.9 Å². The van der Waals surface area contributed by atoms with E-state index in [0.717, 1.165) is 21.8 Å². The minimum absolute atomic E-state index is 0.0645. The van der Waals surface area contributed by atoms with Crippen LogP contribution in [0.3, 0.4) is 0 Å². The quantitative estimate of drug-likeness (QED) is 0.225. The zero-order chi connectivity index (χ0) is 31.6. The zero-order valence-electron chi connectivity index (χ0n) is 23.9. The molecule has 0 saturated heterocycles. The van der Waals surface area contributed by atoms with Crippen molar-refractivity contribution in [2.75, 3.05) is 11.6 Å². The highest BCUT2D eigenvalue weighted by Gasteiger charge is 2.32. The van der Waals surface area contributed by atoms with E-state index >= 15 is 0 Å². The molecule has 0 fully saturated rings. The smallest absolute Gasteiger partial charge is 0.332 e. The van der Waals surface area contributed by atoms with Crippen LogP contribution in [0.5, 0.6) is 11.6 Å². The fourth-order valence-electron chi connectivity index (χ4n) is 4.37. The molecule has 0 spiro atoms. The molecule has 2 aromatic heterocycles. The van der Waals surface area contributed by atoms with Gasteiger partial charge in [0.1, 0.15) is 11.6 Å². The molecule has 0 saturated carbocycles. The summed E-state index contributed by atoms with van der Waals surface area (Å²) in [6.45, 7) is 2.59. The van der Waals surface area contributed by atoms with E-state index in [2.05, 4.69) is 10.5 Å². The Labute approximate surface area is 256 Å². The highest BCUT2D eigenvalue weighted by atomic mass is 35.5. The second kappa shape index (κ2) is 12.0. The van der Waals surface area contributed by atoms with Crippen molar-refractivity contribution in [3.05, 3.63) is 110 Å². The van der Waals surface area contributed by atoms with Gasteiger partial charge >= 0.3 is 5.69 Å². The highest BCUT2D eigenvalue weighted by molar-refractivity contribution is 7.89. The molecule has 0 aliphatic carbocycles. The SMILES string of the molecule is CC(C)(Cn1c(=O)cc(Nc2ccc(Oc3noc4ccccc34)cc2)n(Cc2ccc(Cl)cc2)c1=O)C(=O)NS(C)(=O)=O. The molecule has 0 bridgehead atoms. The van der Waals surface area contributed by atoms with Gasteiger partial charge in [0.2, 0.25) is 15.9 Å². The lowest BCUT2D eigenvalue weighted by Crippen LogP contribution is -2.48. The van der Waals surface area contributed by atoms with Gasteiger partial charge in [-0.3, -0.25) is 23.4 Å². The molecule has 1 amide bonds. The van der Waals surface area contributed by atoms with Gasteiger partial charge in [0.25, 0.3) is 11.4 Å². The lowest BCUT2D eigenvalue weighted by molar-refractivity contribution is -0.128. The monoisotopic (exact) mass is 637 g/mol. The third kappa shape index (κ3) is 7.01. The van der Waals surface area contributed by atoms with E-state index in [1.165, 1.54) is 24.5 Å². The summed E-state index contributed by atoms with van der Waals surface area (Å²) < 4.78 is 38.6. The second-order valence-electron chi connectivity index (χ2n) is 10.8. The summed E-state index contributed by atoms with van der Waals surface area (Å²) in [6, 6.07) is 22.2. The molecule has 3 aromatic carbocycles. The van der Waals surface area contributed by atoms with Gasteiger partial charge in [-0.2, -0.15) is 0 Å². The van der Waals surface area contributed by atoms with Crippen molar-refractivity contribution >= 4 is 50.0 Å². The predicted octanol–water partition coefficient (Wildman–Crippen LogP) is 4.49. The second-order valence-corrected chi connectivity index (χ2v) is 13.0. The fourth-order valence-corrected chi connectivity index (χ4v) is 5.10. The van der Waals surface area contributed by atoms with E-state index in [1.807, 2.05) is 22.9 Å². The largest absolute Gasteiger partial charge is 0.436 e. The standard InChI is InChI=1S/C30H28ClN5O7S/c1-30(2,28(38)34-44(3,40)41)18-36-26(37)16-25(35(29(36)39)17-19-8-10-20(31)11-9-19)32-21-12-14-22(15-13-21)42-27-23-6-4-5-7-24(23)43-33-27/h4-16,32H,17-18H2,1-3H3,(H,34,38). The Morgan fingerprint density at radius 3 is 2.36 bits per heavy atom. The van der Waals surface area contributed by atoms with Crippen LogP contribution in [0.2, 0.25) is 5.02 Å². The number of sulfonamides is 1. The number of ether oxygens (including phenoxy) is 1. The maximum Gasteiger partial charge on any atom is 0.332 e. The molecule has 12 nitrogen and oxygen atoms in total. The third-order valence-electron chi connectivity index (χ3n) is 6.66. The van der Waals surface area contributed by atoms with Gasteiger partial charge < -0.3 is 14.6 Å². The number of carbonyl (C=O) groups is 1. The first-order valence-electron chi connectivity index (χ1n) is 13.3. The van der Waals surface area contributed by atoms with Gasteiger partial charge in [-0.25, -0.2) is 13.2 Å². The molecule has 0 radical (unpaired) electrons. The summed E-state index contributed by atoms with van der Waals surface area (Å²) in [4.78, 5) is 39.7. The summed E-state index contributed by atoms with van der Waals surface area (Å²) in [7, 11) is -3.85. The first-order chi connectivity index (χ1) is 20.8. The number of amides is 1. The summed E-state index contributed by atoms with van der Waals surface area (Å²) in [5, 5.41) is 8.33. The summed E-state index contributed by atoms with van der Waals surface area (Å²) in [6.07, 6.45) is 0.849. The summed E-state index contributed by atoms with van der Waals surface area (Å²) in [5.41, 5.74) is -0.923. The Hall–Kier alpha value is -4.88. The van der Waals surface area contributed by atoms with Crippen LogP contribution in [0.4, 0.5) is 11.5 Å². The number of benzene rings is 3. The Balaban J connectivity index is 1.46. The minimum Gasteiger partial charge on any atom is -0.436 e. The number of carbonyl (C=O) groups excluding carboxylic acids is 1. The average molecular weight is 638 g/mol. The number of nitrogens with one attached hydrogen (secondary N) is 2. The van der Waals surface area contributed by atoms with Crippen molar-refractivity contribution in [2.45, 2.75) is 26.9 Å². The van der Waals surface area contributed by atoms with Crippen molar-refractivity contribution in [2.24, 2.45) is 5.41 Å². The molecule has 0 atom stereocenters. The van der Waals surface area contributed by atoms with Crippen molar-refractivity contribution in [3.8, 4) is 11.6 Å². The predicted molar refractivity (Wildman–Crippen MR) is 166 cm³/mol. The van der Waals surface area contributed by atoms with Crippen LogP contribution in [0.15, 0.2) is 93.0 Å². The molecular formula is C30H28ClN5O7S. The number of aromatic nitrogens is 3. The molecule has 0 unspecified atom stereocenters. The Bertz CT molecular complexity index is 2070. The number of hydrogen-bond acceptors (Lipinski definition) is 9. The molecule has 2 N–H and O–H groups in total. The topological polar surface area (TPSA) is 155 Å². The van der Waals surface area contributed by atoms with E-state index in [1.54, 1.807) is 54.6 Å². The van der Waals surface area contributed by atoms with Gasteiger partial charge in [-0.05, 0) is 73.1 Å². The average Bonchev–Trinajstić information content (AvgIpc) is 3.37. The maximum absolute atomic E-state index is 13.8. The van der Waals surface area contributed by atoms with E-state index < -0.39 is 32.6 Å². The lowest BCUT2D eigenvalue weighted by atomic mass is 9.92. The third-order valence-corrected chi connectivity index (χ3v) is 7.47. The molecular weight excluding hydrogens is 610 g/mol. The Morgan fingerprint density at radius 1 is 1.00 bits per heavy atom. The highest BCUT2D eigenvalue weighted by Crippen LogP contribution is 2.30. The van der Waals surface area contributed by atoms with Crippen LogP contribution in [-0.2, 0) is 27.9 Å². The zero-order valence-corrected chi connectivity index (χ0v) is 25.5. The molecule has 0 aliphatic heterocycles. The number of fused-ring (bicyclic) bond motifs is 1. The van der Waals surface area contributed by atoms with E-state index in [0.29, 0.717) is 27.9 Å². The minimum atomic E-state index is -3.85. The fraction of sp³-hybridized carbons (Fsp3) is 0.200. The van der Waals surface area contributed by atoms with Crippen LogP contribution >= 0.6 is 11.6 Å². The van der Waals surface area contributed by atoms with Crippen LogP contribution in [-0.4, -0.2) is 34.9 Å². The van der Waals surface area contributed by atoms with Crippen LogP contribution in [0.1, 0.15) is 19.4 Å². The normalized spacial score (nSPS) is 11.8. The number of anilines is 2. The molecule has 44 heavy (non-hydrogen) atoms. The lowest BCUT2D eigenvalue weighted by Gasteiger charge is -2.24. The number of nitrogens with zero attached hydrogens (tertiary/aromatic N) is 3. The van der Waals surface area contributed by atoms with Gasteiger partial charge in [-0.1, -0.05) is 35.9 Å². The van der Waals surface area contributed by atoms with Crippen molar-refractivity contribution in [3.63, 3.8) is 0 Å². The first kappa shape index (κ1) is 30.6. The summed E-state index contributed by atoms with van der Waals surface area (Å²) >= 11 is 6.04. The molecule has 5 aromatic rings. The van der Waals surface area contributed by atoms with E-state index in [-0.39, 0.29) is 18.9 Å². The van der Waals surface area contributed by atoms with Gasteiger partial charge in [0.05, 0.1) is 23.6 Å². The maximum atomic E-state index is 13.8. The Morgan fingerprint density at radius 2 is 1.68 bits per heavy atom. The number of halogens is 1. The number of para-hydroxylation sites is 1. The summed E-state index contributed by atoms with van der Waals surface area (Å²) in [5.74, 6) is 0.146. The molecule has 0 aliphatic rings. The van der Waals surface area contributed by atoms with E-state index in [9.17, 15) is 22.8 Å². The van der Waals surface area contributed by atoms with Crippen LogP contribution in [0.25, 0.3) is 11.0 Å². The van der Waals surface area contributed by atoms with Crippen molar-refractivity contribution in [1.82, 2.24) is 19.0 Å². The number of rotatable bonds is 10. The van der Waals surface area contributed by atoms with Crippen molar-refractivity contribution < 1.29 is 22.5 Å². The molecule has 14 heteroatoms. The van der Waals surface area contributed by atoms with Gasteiger partial charge in [0.15, 0.2) is 5.58 Å². The van der Waals surface area contributed by atoms with Crippen LogP contribution < -0.4 is 26.0 Å². The van der Waals surface area contributed by atoms with Crippen LogP contribution in [0, 0.1) is 5.41 Å². The molecule has 228 valence electrons. The van der Waals surface area contributed by atoms with Gasteiger partial charge in [-0.15, -0.1) is 0 Å². The van der Waals surface area contributed by atoms with Crippen molar-refractivity contribution in [1.29, 1.82) is 0 Å². The molecule has 5 rings (SSSR count). The van der Waals surface area contributed by atoms with Gasteiger partial charge in [0, 0.05) is 23.3 Å².